The number of hydrogen-bond acceptors (Lipinski definition) is 4. The quantitative estimate of drug-likeness (QED) is 0.535. The predicted octanol–water partition coefficient (Wildman–Crippen LogP) is 1.22. The van der Waals surface area contributed by atoms with E-state index in [1.165, 1.54) is 0 Å². The summed E-state index contributed by atoms with van der Waals surface area (Å²) in [4.78, 5) is 27.9. The molecule has 0 atom stereocenters. The molecule has 0 aromatic heterocycles. The van der Waals surface area contributed by atoms with E-state index in [9.17, 15) is 9.36 Å². The third-order valence-electron chi connectivity index (χ3n) is 2.21. The zero-order valence-electron chi connectivity index (χ0n) is 9.10. The molecule has 0 saturated heterocycles. The van der Waals surface area contributed by atoms with Gasteiger partial charge in [0.15, 0.2) is 6.61 Å². The molecule has 0 heterocycles. The highest BCUT2D eigenvalue weighted by atomic mass is 31.2. The van der Waals surface area contributed by atoms with Crippen LogP contribution in [0.15, 0.2) is 0 Å². The fourth-order valence-corrected chi connectivity index (χ4v) is 1.11. The summed E-state index contributed by atoms with van der Waals surface area (Å²) < 4.78 is 19.3. The third kappa shape index (κ3) is 6.62. The average Bonchev–Trinajstić information content (AvgIpc) is 2.13. The zero-order chi connectivity index (χ0) is 12.1. The standard InChI is InChI=1S/C8H17O6P/c1-4-8(3,5-2)14-7(9)6-13-15(10,11)12/h4-6H2,1-3H3,(H2,10,11,12). The van der Waals surface area contributed by atoms with Crippen molar-refractivity contribution in [1.82, 2.24) is 0 Å². The Morgan fingerprint density at radius 3 is 2.13 bits per heavy atom. The SMILES string of the molecule is CCC(C)(CC)OC(=O)COP(=O)(O)O. The van der Waals surface area contributed by atoms with Crippen LogP contribution in [0.1, 0.15) is 33.6 Å². The molecule has 0 aromatic rings. The number of carbonyl (C=O) groups is 1. The molecule has 2 N–H and O–H groups in total. The highest BCUT2D eigenvalue weighted by Gasteiger charge is 2.26. The highest BCUT2D eigenvalue weighted by molar-refractivity contribution is 7.46. The number of esters is 1. The van der Waals surface area contributed by atoms with Crippen LogP contribution in [-0.2, 0) is 18.6 Å². The van der Waals surface area contributed by atoms with E-state index < -0.39 is 26.0 Å². The first-order valence-electron chi connectivity index (χ1n) is 4.64. The lowest BCUT2D eigenvalue weighted by atomic mass is 10.0. The second-order valence-electron chi connectivity index (χ2n) is 3.40. The fraction of sp³-hybridized carbons (Fsp3) is 0.875. The molecule has 0 bridgehead atoms. The molecule has 0 aromatic carbocycles. The first-order valence-corrected chi connectivity index (χ1v) is 6.17. The maximum atomic E-state index is 11.1. The van der Waals surface area contributed by atoms with Crippen LogP contribution in [0.5, 0.6) is 0 Å². The molecular formula is C8H17O6P. The van der Waals surface area contributed by atoms with Crippen molar-refractivity contribution < 1.29 is 28.4 Å². The van der Waals surface area contributed by atoms with Crippen LogP contribution in [0.3, 0.4) is 0 Å². The molecule has 15 heavy (non-hydrogen) atoms. The largest absolute Gasteiger partial charge is 0.470 e. The van der Waals surface area contributed by atoms with E-state index >= 15 is 0 Å². The zero-order valence-corrected chi connectivity index (χ0v) is 9.99. The van der Waals surface area contributed by atoms with Crippen LogP contribution in [0.2, 0.25) is 0 Å². The second kappa shape index (κ2) is 5.61. The van der Waals surface area contributed by atoms with Crippen molar-refractivity contribution in [2.75, 3.05) is 6.61 Å². The van der Waals surface area contributed by atoms with E-state index in [0.29, 0.717) is 12.8 Å². The minimum atomic E-state index is -4.60. The maximum absolute atomic E-state index is 11.1. The Balaban J connectivity index is 4.09. The van der Waals surface area contributed by atoms with Crippen LogP contribution in [0.4, 0.5) is 0 Å². The molecule has 0 unspecified atom stereocenters. The van der Waals surface area contributed by atoms with Gasteiger partial charge in [-0.3, -0.25) is 4.52 Å². The van der Waals surface area contributed by atoms with Gasteiger partial charge in [-0.2, -0.15) is 0 Å². The lowest BCUT2D eigenvalue weighted by Crippen LogP contribution is -2.31. The summed E-state index contributed by atoms with van der Waals surface area (Å²) >= 11 is 0. The van der Waals surface area contributed by atoms with E-state index in [2.05, 4.69) is 4.52 Å². The molecule has 0 spiro atoms. The molecule has 7 heteroatoms. The summed E-state index contributed by atoms with van der Waals surface area (Å²) in [6.07, 6.45) is 1.26. The van der Waals surface area contributed by atoms with E-state index in [1.54, 1.807) is 6.92 Å². The number of ether oxygens (including phenoxy) is 1. The molecule has 0 rings (SSSR count). The molecule has 0 saturated carbocycles. The Morgan fingerprint density at radius 2 is 1.80 bits per heavy atom. The summed E-state index contributed by atoms with van der Waals surface area (Å²) in [7, 11) is -4.60. The van der Waals surface area contributed by atoms with Gasteiger partial charge in [0.25, 0.3) is 0 Å². The number of rotatable bonds is 6. The topological polar surface area (TPSA) is 93.1 Å². The molecule has 0 fully saturated rings. The van der Waals surface area contributed by atoms with Crippen LogP contribution >= 0.6 is 7.82 Å². The van der Waals surface area contributed by atoms with Crippen LogP contribution in [0.25, 0.3) is 0 Å². The van der Waals surface area contributed by atoms with E-state index in [-0.39, 0.29) is 0 Å². The van der Waals surface area contributed by atoms with Gasteiger partial charge in [0.1, 0.15) is 5.60 Å². The monoisotopic (exact) mass is 240 g/mol. The molecule has 0 aliphatic heterocycles. The molecule has 0 aliphatic rings. The third-order valence-corrected chi connectivity index (χ3v) is 2.67. The van der Waals surface area contributed by atoms with Gasteiger partial charge in [-0.25, -0.2) is 9.36 Å². The van der Waals surface area contributed by atoms with Crippen molar-refractivity contribution in [2.45, 2.75) is 39.2 Å². The van der Waals surface area contributed by atoms with Crippen molar-refractivity contribution in [3.05, 3.63) is 0 Å². The van der Waals surface area contributed by atoms with Crippen molar-refractivity contribution >= 4 is 13.8 Å². The van der Waals surface area contributed by atoms with Crippen molar-refractivity contribution in [3.8, 4) is 0 Å². The molecule has 90 valence electrons. The fourth-order valence-electron chi connectivity index (χ4n) is 0.835. The first kappa shape index (κ1) is 14.6. The minimum absolute atomic E-state index is 0.602. The van der Waals surface area contributed by atoms with Gasteiger partial charge >= 0.3 is 13.8 Å². The minimum Gasteiger partial charge on any atom is -0.458 e. The van der Waals surface area contributed by atoms with Gasteiger partial charge in [0, 0.05) is 0 Å². The lowest BCUT2D eigenvalue weighted by Gasteiger charge is -2.26. The lowest BCUT2D eigenvalue weighted by molar-refractivity contribution is -0.161. The Labute approximate surface area is 88.8 Å². The van der Waals surface area contributed by atoms with Crippen molar-refractivity contribution in [2.24, 2.45) is 0 Å². The van der Waals surface area contributed by atoms with E-state index in [0.717, 1.165) is 0 Å². The van der Waals surface area contributed by atoms with Gasteiger partial charge in [0.2, 0.25) is 0 Å². The van der Waals surface area contributed by atoms with Crippen molar-refractivity contribution in [1.29, 1.82) is 0 Å². The molecule has 0 aliphatic carbocycles. The second-order valence-corrected chi connectivity index (χ2v) is 4.63. The van der Waals surface area contributed by atoms with Gasteiger partial charge in [-0.05, 0) is 19.8 Å². The normalized spacial score (nSPS) is 12.6. The molecule has 0 amide bonds. The van der Waals surface area contributed by atoms with E-state index in [1.807, 2.05) is 13.8 Å². The summed E-state index contributed by atoms with van der Waals surface area (Å²) in [5.41, 5.74) is -0.602. The maximum Gasteiger partial charge on any atom is 0.470 e. The van der Waals surface area contributed by atoms with Gasteiger partial charge in [0.05, 0.1) is 0 Å². The Hall–Kier alpha value is -0.420. The first-order chi connectivity index (χ1) is 6.72. The molecular weight excluding hydrogens is 223 g/mol. The van der Waals surface area contributed by atoms with Crippen molar-refractivity contribution in [3.63, 3.8) is 0 Å². The number of phosphoric acid groups is 1. The summed E-state index contributed by atoms with van der Waals surface area (Å²) in [5, 5.41) is 0. The van der Waals surface area contributed by atoms with Crippen LogP contribution in [0, 0.1) is 0 Å². The average molecular weight is 240 g/mol. The number of hydrogen-bond donors (Lipinski definition) is 2. The summed E-state index contributed by atoms with van der Waals surface area (Å²) in [5.74, 6) is -0.774. The van der Waals surface area contributed by atoms with Crippen LogP contribution < -0.4 is 0 Å². The Bertz CT molecular complexity index is 254. The smallest absolute Gasteiger partial charge is 0.458 e. The van der Waals surface area contributed by atoms with Gasteiger partial charge in [-0.1, -0.05) is 13.8 Å². The van der Waals surface area contributed by atoms with Gasteiger partial charge in [-0.15, -0.1) is 0 Å². The molecule has 0 radical (unpaired) electrons. The molecule has 6 nitrogen and oxygen atoms in total. The Kier molecular flexibility index (Phi) is 5.45. The Morgan fingerprint density at radius 1 is 1.33 bits per heavy atom. The highest BCUT2D eigenvalue weighted by Crippen LogP contribution is 2.35. The summed E-state index contributed by atoms with van der Waals surface area (Å²) in [6.45, 7) is 4.74. The van der Waals surface area contributed by atoms with E-state index in [4.69, 9.17) is 14.5 Å². The number of carbonyl (C=O) groups excluding carboxylic acids is 1. The summed E-state index contributed by atoms with van der Waals surface area (Å²) in [6, 6.07) is 0. The van der Waals surface area contributed by atoms with Gasteiger partial charge < -0.3 is 14.5 Å². The number of phosphoric ester groups is 1. The van der Waals surface area contributed by atoms with Crippen LogP contribution in [-0.4, -0.2) is 28.0 Å². The predicted molar refractivity (Wildman–Crippen MR) is 53.1 cm³/mol.